The molecule has 0 heterocycles. The van der Waals surface area contributed by atoms with E-state index in [0.29, 0.717) is 17.7 Å². The summed E-state index contributed by atoms with van der Waals surface area (Å²) in [4.78, 5) is 11.0. The van der Waals surface area contributed by atoms with Crippen LogP contribution in [0.5, 0.6) is 5.75 Å². The molecule has 3 rings (SSSR count). The van der Waals surface area contributed by atoms with Gasteiger partial charge in [0.15, 0.2) is 6.61 Å². The number of carbonyl (C=O) groups is 1. The van der Waals surface area contributed by atoms with Gasteiger partial charge in [-0.05, 0) is 61.2 Å². The average molecular weight is 359 g/mol. The van der Waals surface area contributed by atoms with Gasteiger partial charge in [0.05, 0.1) is 0 Å². The zero-order valence-corrected chi connectivity index (χ0v) is 15.1. The Morgan fingerprint density at radius 1 is 1.32 bits per heavy atom. The van der Waals surface area contributed by atoms with Gasteiger partial charge in [-0.3, -0.25) is 4.79 Å². The highest BCUT2D eigenvalue weighted by Gasteiger charge is 2.29. The van der Waals surface area contributed by atoms with Crippen molar-refractivity contribution in [2.45, 2.75) is 31.2 Å². The molecule has 2 aromatic carbocycles. The maximum absolute atomic E-state index is 11.0. The Kier molecular flexibility index (Phi) is 5.61. The Labute approximate surface area is 153 Å². The molecule has 2 aromatic rings. The lowest BCUT2D eigenvalue weighted by Gasteiger charge is -2.34. The van der Waals surface area contributed by atoms with Gasteiger partial charge in [-0.2, -0.15) is 0 Å². The number of nitrogens with two attached hydrogens (primary N) is 1. The van der Waals surface area contributed by atoms with Crippen LogP contribution in [0.4, 0.5) is 0 Å². The molecule has 0 saturated carbocycles. The molecule has 0 aliphatic heterocycles. The third-order valence-electron chi connectivity index (χ3n) is 4.88. The van der Waals surface area contributed by atoms with Crippen LogP contribution in [0.2, 0.25) is 5.02 Å². The number of fused-ring (bicyclic) bond motifs is 1. The first-order chi connectivity index (χ1) is 12.1. The number of primary amides is 1. The summed E-state index contributed by atoms with van der Waals surface area (Å²) in [6.07, 6.45) is 2.97. The maximum atomic E-state index is 11.0. The van der Waals surface area contributed by atoms with Gasteiger partial charge in [-0.15, -0.1) is 0 Å². The van der Waals surface area contributed by atoms with Gasteiger partial charge in [-0.1, -0.05) is 35.9 Å². The third kappa shape index (κ3) is 4.14. The first kappa shape index (κ1) is 17.8. The highest BCUT2D eigenvalue weighted by molar-refractivity contribution is 6.31. The molecule has 0 spiro atoms. The fourth-order valence-corrected chi connectivity index (χ4v) is 3.83. The molecule has 1 aliphatic carbocycles. The zero-order valence-electron chi connectivity index (χ0n) is 14.3. The summed E-state index contributed by atoms with van der Waals surface area (Å²) >= 11 is 6.38. The van der Waals surface area contributed by atoms with Crippen molar-refractivity contribution in [3.63, 3.8) is 0 Å². The van der Waals surface area contributed by atoms with Crippen LogP contribution in [0.1, 0.15) is 29.0 Å². The second-order valence-electron chi connectivity index (χ2n) is 6.45. The monoisotopic (exact) mass is 358 g/mol. The van der Waals surface area contributed by atoms with Gasteiger partial charge in [0.25, 0.3) is 5.91 Å². The van der Waals surface area contributed by atoms with Gasteiger partial charge >= 0.3 is 0 Å². The smallest absolute Gasteiger partial charge is 0.255 e. The summed E-state index contributed by atoms with van der Waals surface area (Å²) in [6.45, 7) is -0.108. The van der Waals surface area contributed by atoms with E-state index in [1.54, 1.807) is 0 Å². The molecular formula is C20H23ClN2O2. The lowest BCUT2D eigenvalue weighted by Crippen LogP contribution is -2.37. The van der Waals surface area contributed by atoms with Gasteiger partial charge in [0.1, 0.15) is 5.75 Å². The van der Waals surface area contributed by atoms with Gasteiger partial charge in [0, 0.05) is 17.0 Å². The van der Waals surface area contributed by atoms with E-state index in [1.165, 1.54) is 11.1 Å². The van der Waals surface area contributed by atoms with Crippen molar-refractivity contribution in [1.29, 1.82) is 0 Å². The summed E-state index contributed by atoms with van der Waals surface area (Å²) in [6, 6.07) is 14.4. The van der Waals surface area contributed by atoms with Crippen molar-refractivity contribution in [2.75, 3.05) is 13.7 Å². The molecule has 0 fully saturated rings. The second kappa shape index (κ2) is 7.89. The molecule has 3 N–H and O–H groups in total. The highest BCUT2D eigenvalue weighted by Crippen LogP contribution is 2.37. The van der Waals surface area contributed by atoms with Crippen LogP contribution in [0, 0.1) is 0 Å². The normalized spacial score (nSPS) is 19.3. The molecule has 2 atom stereocenters. The predicted octanol–water partition coefficient (Wildman–Crippen LogP) is 3.06. The number of likely N-dealkylation sites (N-methyl/N-ethyl adjacent to an activating group) is 1. The topological polar surface area (TPSA) is 64.3 Å². The highest BCUT2D eigenvalue weighted by atomic mass is 35.5. The predicted molar refractivity (Wildman–Crippen MR) is 100 cm³/mol. The van der Waals surface area contributed by atoms with Crippen LogP contribution in [0.15, 0.2) is 42.5 Å². The molecular weight excluding hydrogens is 336 g/mol. The summed E-state index contributed by atoms with van der Waals surface area (Å²) in [5.74, 6) is 0.502. The fraction of sp³-hybridized carbons (Fsp3) is 0.350. The number of halogens is 1. The van der Waals surface area contributed by atoms with E-state index in [9.17, 15) is 4.79 Å². The van der Waals surface area contributed by atoms with Crippen LogP contribution >= 0.6 is 11.6 Å². The number of ether oxygens (including phenoxy) is 1. The Morgan fingerprint density at radius 3 is 2.84 bits per heavy atom. The minimum absolute atomic E-state index is 0.108. The molecule has 1 aliphatic rings. The molecule has 0 saturated heterocycles. The van der Waals surface area contributed by atoms with Gasteiger partial charge < -0.3 is 15.8 Å². The summed E-state index contributed by atoms with van der Waals surface area (Å²) in [5.41, 5.74) is 8.91. The number of aryl methyl sites for hydroxylation is 1. The average Bonchev–Trinajstić information content (AvgIpc) is 2.62. The van der Waals surface area contributed by atoms with Crippen molar-refractivity contribution >= 4 is 17.5 Å². The molecule has 0 bridgehead atoms. The quantitative estimate of drug-likeness (QED) is 0.834. The summed E-state index contributed by atoms with van der Waals surface area (Å²) in [7, 11) is 2.00. The SMILES string of the molecule is CNC1CCc2ccc(OCC(N)=O)cc2C1Cc1ccccc1Cl. The van der Waals surface area contributed by atoms with Crippen molar-refractivity contribution in [3.05, 3.63) is 64.2 Å². The zero-order chi connectivity index (χ0) is 17.8. The molecule has 25 heavy (non-hydrogen) atoms. The van der Waals surface area contributed by atoms with E-state index < -0.39 is 5.91 Å². The molecule has 4 nitrogen and oxygen atoms in total. The van der Waals surface area contributed by atoms with Crippen molar-refractivity contribution in [2.24, 2.45) is 5.73 Å². The van der Waals surface area contributed by atoms with Crippen LogP contribution in [0.3, 0.4) is 0 Å². The van der Waals surface area contributed by atoms with E-state index in [0.717, 1.165) is 29.8 Å². The van der Waals surface area contributed by atoms with Crippen molar-refractivity contribution < 1.29 is 9.53 Å². The number of benzene rings is 2. The van der Waals surface area contributed by atoms with Crippen molar-refractivity contribution in [1.82, 2.24) is 5.32 Å². The number of hydrogen-bond donors (Lipinski definition) is 2. The van der Waals surface area contributed by atoms with E-state index in [2.05, 4.69) is 17.4 Å². The number of carbonyl (C=O) groups excluding carboxylic acids is 1. The number of hydrogen-bond acceptors (Lipinski definition) is 3. The third-order valence-corrected chi connectivity index (χ3v) is 5.25. The fourth-order valence-electron chi connectivity index (χ4n) is 3.62. The maximum Gasteiger partial charge on any atom is 0.255 e. The lowest BCUT2D eigenvalue weighted by atomic mass is 9.76. The van der Waals surface area contributed by atoms with Gasteiger partial charge in [0.2, 0.25) is 0 Å². The lowest BCUT2D eigenvalue weighted by molar-refractivity contribution is -0.119. The van der Waals surface area contributed by atoms with Gasteiger partial charge in [-0.25, -0.2) is 0 Å². The molecule has 2 unspecified atom stereocenters. The first-order valence-corrected chi connectivity index (χ1v) is 8.91. The van der Waals surface area contributed by atoms with E-state index >= 15 is 0 Å². The number of rotatable bonds is 6. The minimum atomic E-state index is -0.474. The van der Waals surface area contributed by atoms with E-state index in [1.807, 2.05) is 37.4 Å². The molecule has 132 valence electrons. The van der Waals surface area contributed by atoms with Crippen molar-refractivity contribution in [3.8, 4) is 5.75 Å². The number of amides is 1. The Balaban J connectivity index is 1.92. The van der Waals surface area contributed by atoms with Crippen LogP contribution in [0.25, 0.3) is 0 Å². The second-order valence-corrected chi connectivity index (χ2v) is 6.86. The van der Waals surface area contributed by atoms with Crippen LogP contribution in [-0.2, 0) is 17.6 Å². The van der Waals surface area contributed by atoms with E-state index in [4.69, 9.17) is 22.1 Å². The van der Waals surface area contributed by atoms with E-state index in [-0.39, 0.29) is 6.61 Å². The van der Waals surface area contributed by atoms with Crippen LogP contribution in [-0.4, -0.2) is 25.6 Å². The largest absolute Gasteiger partial charge is 0.484 e. The molecule has 5 heteroatoms. The Hall–Kier alpha value is -2.04. The molecule has 1 amide bonds. The minimum Gasteiger partial charge on any atom is -0.484 e. The summed E-state index contributed by atoms with van der Waals surface area (Å²) < 4.78 is 5.50. The number of nitrogens with one attached hydrogen (secondary N) is 1. The standard InChI is InChI=1S/C20H23ClN2O2/c1-23-19-9-7-13-6-8-15(25-12-20(22)24)11-16(13)17(19)10-14-4-2-3-5-18(14)21/h2-6,8,11,17,19,23H,7,9-10,12H2,1H3,(H2,22,24). The molecule has 0 aromatic heterocycles. The Bertz CT molecular complexity index is 763. The van der Waals surface area contributed by atoms with Crippen LogP contribution < -0.4 is 15.8 Å². The summed E-state index contributed by atoms with van der Waals surface area (Å²) in [5, 5.41) is 4.24. The first-order valence-electron chi connectivity index (χ1n) is 8.53. The molecule has 0 radical (unpaired) electrons. The Morgan fingerprint density at radius 2 is 2.12 bits per heavy atom.